The zero-order valence-electron chi connectivity index (χ0n) is 10.6. The smallest absolute Gasteiger partial charge is 0.109 e. The highest BCUT2D eigenvalue weighted by Crippen LogP contribution is 2.25. The number of hydrogen-bond donors (Lipinski definition) is 1. The summed E-state index contributed by atoms with van der Waals surface area (Å²) in [6, 6.07) is 8.47. The van der Waals surface area contributed by atoms with Gasteiger partial charge in [-0.3, -0.25) is 0 Å². The van der Waals surface area contributed by atoms with Gasteiger partial charge in [-0.2, -0.15) is 0 Å². The van der Waals surface area contributed by atoms with Crippen LogP contribution in [-0.4, -0.2) is 21.3 Å². The maximum atomic E-state index is 9.23. The molecule has 3 heteroatoms. The summed E-state index contributed by atoms with van der Waals surface area (Å²) < 4.78 is 2.22. The molecule has 94 valence electrons. The molecule has 1 unspecified atom stereocenters. The van der Waals surface area contributed by atoms with Crippen LogP contribution in [-0.2, 0) is 13.0 Å². The average Bonchev–Trinajstić information content (AvgIpc) is 2.82. The van der Waals surface area contributed by atoms with Crippen LogP contribution >= 0.6 is 0 Å². The molecule has 0 amide bonds. The lowest BCUT2D eigenvalue weighted by Gasteiger charge is -2.20. The van der Waals surface area contributed by atoms with Crippen molar-refractivity contribution in [2.75, 3.05) is 6.61 Å². The molecule has 0 aliphatic carbocycles. The van der Waals surface area contributed by atoms with E-state index in [2.05, 4.69) is 42.0 Å². The van der Waals surface area contributed by atoms with Crippen molar-refractivity contribution in [2.24, 2.45) is 5.92 Å². The maximum Gasteiger partial charge on any atom is 0.109 e. The third-order valence-electron chi connectivity index (χ3n) is 3.71. The van der Waals surface area contributed by atoms with E-state index in [1.165, 1.54) is 11.1 Å². The lowest BCUT2D eigenvalue weighted by Crippen LogP contribution is -2.21. The topological polar surface area (TPSA) is 38.0 Å². The Bertz CT molecular complexity index is 542. The van der Waals surface area contributed by atoms with Crippen molar-refractivity contribution in [1.29, 1.82) is 0 Å². The van der Waals surface area contributed by atoms with Gasteiger partial charge in [0, 0.05) is 31.3 Å². The van der Waals surface area contributed by atoms with Crippen LogP contribution in [0.15, 0.2) is 30.5 Å². The predicted octanol–water partition coefficient (Wildman–Crippen LogP) is 2.41. The van der Waals surface area contributed by atoms with Gasteiger partial charge in [-0.05, 0) is 19.3 Å². The SMILES string of the molecule is Cc1ccc(-c2cn3c(n2)CC(CO)CC3)cc1. The molecular formula is C15H18N2O. The molecule has 0 spiro atoms. The molecule has 1 atom stereocenters. The number of hydrogen-bond acceptors (Lipinski definition) is 2. The highest BCUT2D eigenvalue weighted by Gasteiger charge is 2.20. The second-order valence-electron chi connectivity index (χ2n) is 5.14. The Balaban J connectivity index is 1.91. The number of imidazole rings is 1. The van der Waals surface area contributed by atoms with Crippen molar-refractivity contribution in [3.05, 3.63) is 41.9 Å². The highest BCUT2D eigenvalue weighted by molar-refractivity contribution is 5.59. The zero-order chi connectivity index (χ0) is 12.5. The normalized spacial score (nSPS) is 18.7. The van der Waals surface area contributed by atoms with Gasteiger partial charge in [0.05, 0.1) is 5.69 Å². The summed E-state index contributed by atoms with van der Waals surface area (Å²) >= 11 is 0. The largest absolute Gasteiger partial charge is 0.396 e. The summed E-state index contributed by atoms with van der Waals surface area (Å²) in [4.78, 5) is 4.70. The summed E-state index contributed by atoms with van der Waals surface area (Å²) in [5.41, 5.74) is 3.48. The minimum atomic E-state index is 0.271. The summed E-state index contributed by atoms with van der Waals surface area (Å²) in [7, 11) is 0. The number of aliphatic hydroxyl groups is 1. The molecule has 3 rings (SSSR count). The summed E-state index contributed by atoms with van der Waals surface area (Å²) in [5.74, 6) is 1.49. The van der Waals surface area contributed by atoms with Crippen molar-refractivity contribution in [1.82, 2.24) is 9.55 Å². The van der Waals surface area contributed by atoms with Crippen LogP contribution < -0.4 is 0 Å². The van der Waals surface area contributed by atoms with Crippen molar-refractivity contribution in [2.45, 2.75) is 26.3 Å². The third kappa shape index (κ3) is 2.06. The zero-order valence-corrected chi connectivity index (χ0v) is 10.6. The molecule has 0 saturated carbocycles. The van der Waals surface area contributed by atoms with Gasteiger partial charge in [-0.15, -0.1) is 0 Å². The minimum absolute atomic E-state index is 0.271. The minimum Gasteiger partial charge on any atom is -0.396 e. The van der Waals surface area contributed by atoms with E-state index < -0.39 is 0 Å². The number of aryl methyl sites for hydroxylation is 2. The first kappa shape index (κ1) is 11.5. The Kier molecular flexibility index (Phi) is 2.92. The predicted molar refractivity (Wildman–Crippen MR) is 71.3 cm³/mol. The van der Waals surface area contributed by atoms with E-state index in [1.807, 2.05) is 0 Å². The molecule has 1 N–H and O–H groups in total. The Morgan fingerprint density at radius 3 is 2.83 bits per heavy atom. The first-order valence-electron chi connectivity index (χ1n) is 6.50. The molecule has 2 heterocycles. The molecule has 0 fully saturated rings. The lowest BCUT2D eigenvalue weighted by molar-refractivity contribution is 0.199. The second-order valence-corrected chi connectivity index (χ2v) is 5.14. The number of benzene rings is 1. The molecule has 1 aliphatic rings. The van der Waals surface area contributed by atoms with Gasteiger partial charge in [-0.1, -0.05) is 29.8 Å². The maximum absolute atomic E-state index is 9.23. The molecule has 1 aromatic heterocycles. The lowest BCUT2D eigenvalue weighted by atomic mass is 9.99. The average molecular weight is 242 g/mol. The number of fused-ring (bicyclic) bond motifs is 1. The van der Waals surface area contributed by atoms with Gasteiger partial charge in [-0.25, -0.2) is 4.98 Å². The van der Waals surface area contributed by atoms with Gasteiger partial charge in [0.2, 0.25) is 0 Å². The van der Waals surface area contributed by atoms with E-state index >= 15 is 0 Å². The molecule has 0 bridgehead atoms. The van der Waals surface area contributed by atoms with Gasteiger partial charge in [0.25, 0.3) is 0 Å². The van der Waals surface area contributed by atoms with E-state index in [-0.39, 0.29) is 6.61 Å². The number of aromatic nitrogens is 2. The van der Waals surface area contributed by atoms with Crippen molar-refractivity contribution >= 4 is 0 Å². The molecular weight excluding hydrogens is 224 g/mol. The number of nitrogens with zero attached hydrogens (tertiary/aromatic N) is 2. The van der Waals surface area contributed by atoms with E-state index in [0.29, 0.717) is 5.92 Å². The molecule has 2 aromatic rings. The van der Waals surface area contributed by atoms with Crippen LogP contribution in [0.1, 0.15) is 17.8 Å². The van der Waals surface area contributed by atoms with Crippen LogP contribution in [0.4, 0.5) is 0 Å². The fraction of sp³-hybridized carbons (Fsp3) is 0.400. The molecule has 0 saturated heterocycles. The Hall–Kier alpha value is -1.61. The fourth-order valence-corrected chi connectivity index (χ4v) is 2.51. The Labute approximate surface area is 107 Å². The first-order valence-corrected chi connectivity index (χ1v) is 6.50. The fourth-order valence-electron chi connectivity index (χ4n) is 2.51. The number of aliphatic hydroxyl groups excluding tert-OH is 1. The second kappa shape index (κ2) is 4.58. The van der Waals surface area contributed by atoms with Crippen LogP contribution in [0, 0.1) is 12.8 Å². The summed E-state index contributed by atoms with van der Waals surface area (Å²) in [6.45, 7) is 3.33. The van der Waals surface area contributed by atoms with Crippen LogP contribution in [0.5, 0.6) is 0 Å². The van der Waals surface area contributed by atoms with Crippen LogP contribution in [0.2, 0.25) is 0 Å². The van der Waals surface area contributed by atoms with E-state index in [9.17, 15) is 5.11 Å². The Morgan fingerprint density at radius 2 is 2.11 bits per heavy atom. The molecule has 1 aromatic carbocycles. The molecule has 18 heavy (non-hydrogen) atoms. The molecule has 1 aliphatic heterocycles. The third-order valence-corrected chi connectivity index (χ3v) is 3.71. The van der Waals surface area contributed by atoms with Gasteiger partial charge >= 0.3 is 0 Å². The van der Waals surface area contributed by atoms with Crippen molar-refractivity contribution < 1.29 is 5.11 Å². The quantitative estimate of drug-likeness (QED) is 0.878. The first-order chi connectivity index (χ1) is 8.76. The van der Waals surface area contributed by atoms with E-state index in [1.54, 1.807) is 0 Å². The highest BCUT2D eigenvalue weighted by atomic mass is 16.3. The van der Waals surface area contributed by atoms with Gasteiger partial charge in [0.15, 0.2) is 0 Å². The van der Waals surface area contributed by atoms with E-state index in [4.69, 9.17) is 4.98 Å². The van der Waals surface area contributed by atoms with E-state index in [0.717, 1.165) is 30.9 Å². The van der Waals surface area contributed by atoms with Gasteiger partial charge < -0.3 is 9.67 Å². The van der Waals surface area contributed by atoms with Crippen molar-refractivity contribution in [3.63, 3.8) is 0 Å². The van der Waals surface area contributed by atoms with Crippen molar-refractivity contribution in [3.8, 4) is 11.3 Å². The summed E-state index contributed by atoms with van der Waals surface area (Å²) in [5, 5.41) is 9.23. The molecule has 0 radical (unpaired) electrons. The summed E-state index contributed by atoms with van der Waals surface area (Å²) in [6.07, 6.45) is 4.07. The molecule has 3 nitrogen and oxygen atoms in total. The Morgan fingerprint density at radius 1 is 1.33 bits per heavy atom. The standard InChI is InChI=1S/C15H18N2O/c1-11-2-4-13(5-3-11)14-9-17-7-6-12(10-18)8-15(17)16-14/h2-5,9,12,18H,6-8,10H2,1H3. The number of rotatable bonds is 2. The van der Waals surface area contributed by atoms with Crippen LogP contribution in [0.3, 0.4) is 0 Å². The van der Waals surface area contributed by atoms with Gasteiger partial charge in [0.1, 0.15) is 5.82 Å². The monoisotopic (exact) mass is 242 g/mol. The van der Waals surface area contributed by atoms with Crippen LogP contribution in [0.25, 0.3) is 11.3 Å².